The fraction of sp³-hybridized carbons (Fsp3) is 0.462. The largest absolute Gasteiger partial charge is 0.496 e. The highest BCUT2D eigenvalue weighted by atomic mass is 16.5. The van der Waals surface area contributed by atoms with Crippen molar-refractivity contribution in [1.82, 2.24) is 14.5 Å². The third-order valence-corrected chi connectivity index (χ3v) is 7.34. The van der Waals surface area contributed by atoms with Crippen LogP contribution in [-0.4, -0.2) is 42.3 Å². The van der Waals surface area contributed by atoms with E-state index in [1.807, 2.05) is 24.4 Å². The number of aromatic nitrogens is 2. The van der Waals surface area contributed by atoms with Gasteiger partial charge < -0.3 is 18.9 Å². The van der Waals surface area contributed by atoms with Gasteiger partial charge in [-0.2, -0.15) is 0 Å². The van der Waals surface area contributed by atoms with E-state index in [-0.39, 0.29) is 5.56 Å². The van der Waals surface area contributed by atoms with Gasteiger partial charge in [-0.25, -0.2) is 0 Å². The maximum Gasteiger partial charge on any atom is 0.259 e. The number of hydrogen-bond donors (Lipinski definition) is 0. The van der Waals surface area contributed by atoms with Crippen LogP contribution in [0, 0.1) is 10.8 Å². The summed E-state index contributed by atoms with van der Waals surface area (Å²) >= 11 is 0. The zero-order valence-corrected chi connectivity index (χ0v) is 19.6. The minimum absolute atomic E-state index is 0.0588. The van der Waals surface area contributed by atoms with Gasteiger partial charge in [0.1, 0.15) is 11.5 Å². The lowest BCUT2D eigenvalue weighted by Crippen LogP contribution is -2.63. The van der Waals surface area contributed by atoms with Gasteiger partial charge >= 0.3 is 0 Å². The Morgan fingerprint density at radius 2 is 1.78 bits per heavy atom. The van der Waals surface area contributed by atoms with Crippen LogP contribution in [0.25, 0.3) is 21.9 Å². The van der Waals surface area contributed by atoms with Crippen LogP contribution in [0.5, 0.6) is 11.5 Å². The molecule has 3 aliphatic rings. The summed E-state index contributed by atoms with van der Waals surface area (Å²) in [6.07, 6.45) is 9.28. The Hall–Kier alpha value is -2.86. The Morgan fingerprint density at radius 1 is 1.12 bits per heavy atom. The van der Waals surface area contributed by atoms with E-state index in [9.17, 15) is 4.79 Å². The summed E-state index contributed by atoms with van der Waals surface area (Å²) < 4.78 is 13.3. The minimum Gasteiger partial charge on any atom is -0.496 e. The molecule has 0 amide bonds. The summed E-state index contributed by atoms with van der Waals surface area (Å²) in [5.41, 5.74) is 4.02. The highest BCUT2D eigenvalue weighted by molar-refractivity contribution is 5.95. The number of hydrogen-bond acceptors (Lipinski definition) is 5. The molecule has 0 unspecified atom stereocenters. The molecule has 0 N–H and O–H groups in total. The van der Waals surface area contributed by atoms with Crippen LogP contribution in [0.15, 0.2) is 41.6 Å². The first kappa shape index (κ1) is 21.0. The third kappa shape index (κ3) is 3.28. The van der Waals surface area contributed by atoms with Crippen molar-refractivity contribution in [1.29, 1.82) is 0 Å². The van der Waals surface area contributed by atoms with Crippen LogP contribution in [-0.2, 0) is 13.6 Å². The van der Waals surface area contributed by atoms with Gasteiger partial charge in [0.2, 0.25) is 0 Å². The van der Waals surface area contributed by atoms with E-state index in [1.54, 1.807) is 38.2 Å². The molecular formula is C26H31N3O3. The predicted octanol–water partition coefficient (Wildman–Crippen LogP) is 4.24. The molecule has 3 aromatic rings. The third-order valence-electron chi connectivity index (χ3n) is 7.34. The van der Waals surface area contributed by atoms with E-state index in [2.05, 4.69) is 23.9 Å². The van der Waals surface area contributed by atoms with Crippen LogP contribution in [0.1, 0.15) is 31.7 Å². The molecular weight excluding hydrogens is 402 g/mol. The Kier molecular flexibility index (Phi) is 4.82. The van der Waals surface area contributed by atoms with Crippen molar-refractivity contribution in [2.75, 3.05) is 27.8 Å². The maximum atomic E-state index is 12.6. The molecule has 32 heavy (non-hydrogen) atoms. The molecule has 2 bridgehead atoms. The minimum atomic E-state index is -0.0588. The summed E-state index contributed by atoms with van der Waals surface area (Å²) in [6.45, 7) is 4.27. The van der Waals surface area contributed by atoms with Crippen LogP contribution in [0.2, 0.25) is 0 Å². The fourth-order valence-electron chi connectivity index (χ4n) is 6.46. The molecule has 0 radical (unpaired) electrons. The number of nitrogens with zero attached hydrogens (tertiary/aromatic N) is 3. The molecule has 3 aliphatic carbocycles. The average molecular weight is 434 g/mol. The monoisotopic (exact) mass is 433 g/mol. The highest BCUT2D eigenvalue weighted by Gasteiger charge is 2.64. The SMILES string of the molecule is COc1cc(-c2cn(C)c(=O)c3cnccc23)cc(OC)c1CN(C)CC12CC(C)(C1)C2. The van der Waals surface area contributed by atoms with Gasteiger partial charge in [0.25, 0.3) is 5.56 Å². The first-order valence-electron chi connectivity index (χ1n) is 11.1. The molecule has 0 atom stereocenters. The molecule has 0 spiro atoms. The molecule has 0 saturated heterocycles. The van der Waals surface area contributed by atoms with Gasteiger partial charge in [0.05, 0.1) is 25.2 Å². The molecule has 3 saturated carbocycles. The molecule has 6 rings (SSSR count). The quantitative estimate of drug-likeness (QED) is 0.558. The second kappa shape index (κ2) is 7.34. The van der Waals surface area contributed by atoms with Gasteiger partial charge in [-0.1, -0.05) is 6.92 Å². The lowest BCUT2D eigenvalue weighted by Gasteiger charge is -2.70. The van der Waals surface area contributed by atoms with Crippen molar-refractivity contribution in [3.63, 3.8) is 0 Å². The number of rotatable bonds is 7. The van der Waals surface area contributed by atoms with Crippen molar-refractivity contribution in [3.8, 4) is 22.6 Å². The van der Waals surface area contributed by atoms with Gasteiger partial charge in [0.15, 0.2) is 0 Å². The molecule has 2 heterocycles. The van der Waals surface area contributed by atoms with E-state index in [1.165, 1.54) is 19.3 Å². The summed E-state index contributed by atoms with van der Waals surface area (Å²) in [5, 5.41) is 1.47. The standard InChI is InChI=1S/C26H31N3O3/c1-25-13-26(14-25,15-25)16-28(2)11-21-22(31-4)8-17(9-23(21)32-5)20-12-29(3)24(30)19-10-27-7-6-18(19)20/h6-10,12H,11,13-16H2,1-5H3. The van der Waals surface area contributed by atoms with Crippen molar-refractivity contribution in [2.24, 2.45) is 17.9 Å². The molecule has 0 aliphatic heterocycles. The number of benzene rings is 1. The number of aryl methyl sites for hydroxylation is 1. The topological polar surface area (TPSA) is 56.6 Å². The smallest absolute Gasteiger partial charge is 0.259 e. The summed E-state index contributed by atoms with van der Waals surface area (Å²) in [7, 11) is 7.35. The Balaban J connectivity index is 1.52. The first-order valence-corrected chi connectivity index (χ1v) is 11.1. The molecule has 1 aromatic carbocycles. The average Bonchev–Trinajstić information content (AvgIpc) is 2.74. The molecule has 3 fully saturated rings. The fourth-order valence-corrected chi connectivity index (χ4v) is 6.46. The highest BCUT2D eigenvalue weighted by Crippen LogP contribution is 2.73. The van der Waals surface area contributed by atoms with Gasteiger partial charge in [-0.05, 0) is 66.3 Å². The molecule has 6 nitrogen and oxygen atoms in total. The predicted molar refractivity (Wildman–Crippen MR) is 126 cm³/mol. The zero-order chi connectivity index (χ0) is 22.7. The number of methoxy groups -OCH3 is 2. The Bertz CT molecular complexity index is 1220. The van der Waals surface area contributed by atoms with E-state index in [0.29, 0.717) is 16.2 Å². The van der Waals surface area contributed by atoms with Crippen LogP contribution < -0.4 is 15.0 Å². The van der Waals surface area contributed by atoms with Crippen molar-refractivity contribution >= 4 is 10.8 Å². The van der Waals surface area contributed by atoms with Crippen molar-refractivity contribution < 1.29 is 9.47 Å². The molecule has 6 heteroatoms. The second-order valence-corrected chi connectivity index (χ2v) is 10.3. The number of fused-ring (bicyclic) bond motifs is 1. The summed E-state index contributed by atoms with van der Waals surface area (Å²) in [4.78, 5) is 19.1. The van der Waals surface area contributed by atoms with E-state index >= 15 is 0 Å². The van der Waals surface area contributed by atoms with Crippen LogP contribution in [0.4, 0.5) is 0 Å². The maximum absolute atomic E-state index is 12.6. The molecule has 168 valence electrons. The van der Waals surface area contributed by atoms with Gasteiger partial charge in [-0.3, -0.25) is 9.78 Å². The Labute approximate surface area is 188 Å². The number of pyridine rings is 2. The van der Waals surface area contributed by atoms with Crippen molar-refractivity contribution in [3.05, 3.63) is 52.7 Å². The van der Waals surface area contributed by atoms with Crippen LogP contribution >= 0.6 is 0 Å². The lowest BCUT2D eigenvalue weighted by atomic mass is 9.36. The molecule has 2 aromatic heterocycles. The van der Waals surface area contributed by atoms with Gasteiger partial charge in [-0.15, -0.1) is 0 Å². The normalized spacial score (nSPS) is 23.7. The Morgan fingerprint density at radius 3 is 2.38 bits per heavy atom. The van der Waals surface area contributed by atoms with E-state index in [4.69, 9.17) is 9.47 Å². The lowest BCUT2D eigenvalue weighted by molar-refractivity contribution is -0.200. The second-order valence-electron chi connectivity index (χ2n) is 10.3. The van der Waals surface area contributed by atoms with Gasteiger partial charge in [0, 0.05) is 44.3 Å². The number of ether oxygens (including phenoxy) is 2. The first-order chi connectivity index (χ1) is 15.3. The summed E-state index contributed by atoms with van der Waals surface area (Å²) in [6, 6.07) is 5.98. The summed E-state index contributed by atoms with van der Waals surface area (Å²) in [5.74, 6) is 1.60. The zero-order valence-electron chi connectivity index (χ0n) is 19.6. The van der Waals surface area contributed by atoms with E-state index < -0.39 is 0 Å². The van der Waals surface area contributed by atoms with Crippen molar-refractivity contribution in [2.45, 2.75) is 32.7 Å². The van der Waals surface area contributed by atoms with E-state index in [0.717, 1.165) is 46.7 Å². The van der Waals surface area contributed by atoms with Crippen LogP contribution in [0.3, 0.4) is 0 Å².